The molecule has 0 saturated heterocycles. The minimum atomic E-state index is 0.444. The third-order valence-electron chi connectivity index (χ3n) is 8.84. The minimum Gasteiger partial charge on any atom is -0.0596 e. The molecule has 4 aliphatic carbocycles. The van der Waals surface area contributed by atoms with Crippen LogP contribution >= 0.6 is 0 Å². The maximum atomic E-state index is 2.53. The van der Waals surface area contributed by atoms with Crippen molar-refractivity contribution in [3.05, 3.63) is 0 Å². The zero-order valence-electron chi connectivity index (χ0n) is 16.8. The Morgan fingerprint density at radius 3 is 0.909 bits per heavy atom. The smallest absolute Gasteiger partial charge is 0.0235 e. The van der Waals surface area contributed by atoms with Crippen LogP contribution in [0.15, 0.2) is 0 Å². The Kier molecular flexibility index (Phi) is 3.18. The minimum absolute atomic E-state index is 0.444. The zero-order valence-corrected chi connectivity index (χ0v) is 16.8. The highest BCUT2D eigenvalue weighted by Gasteiger charge is 2.69. The van der Waals surface area contributed by atoms with Gasteiger partial charge in [-0.3, -0.25) is 0 Å². The maximum absolute atomic E-state index is 2.53. The summed E-state index contributed by atoms with van der Waals surface area (Å²) in [6.45, 7) is 22.8. The van der Waals surface area contributed by atoms with Crippen LogP contribution < -0.4 is 0 Å². The molecule has 4 aliphatic rings. The average Bonchev–Trinajstić information content (AvgIpc) is 2.22. The van der Waals surface area contributed by atoms with E-state index in [9.17, 15) is 0 Å². The summed E-state index contributed by atoms with van der Waals surface area (Å²) < 4.78 is 0. The van der Waals surface area contributed by atoms with Crippen molar-refractivity contribution >= 4 is 0 Å². The van der Waals surface area contributed by atoms with E-state index in [-0.39, 0.29) is 0 Å². The van der Waals surface area contributed by atoms with Crippen LogP contribution in [-0.4, -0.2) is 0 Å². The molecule has 0 aromatic heterocycles. The second kappa shape index (κ2) is 4.15. The van der Waals surface area contributed by atoms with E-state index in [4.69, 9.17) is 0 Å². The molecule has 4 bridgehead atoms. The van der Waals surface area contributed by atoms with Gasteiger partial charge in [-0.1, -0.05) is 62.3 Å². The van der Waals surface area contributed by atoms with E-state index in [2.05, 4.69) is 62.3 Å². The molecule has 0 N–H and O–H groups in total. The summed E-state index contributed by atoms with van der Waals surface area (Å²) in [6, 6.07) is 0. The highest BCUT2D eigenvalue weighted by Crippen LogP contribution is 2.79. The van der Waals surface area contributed by atoms with Crippen LogP contribution in [0.2, 0.25) is 0 Å². The molecule has 0 radical (unpaired) electrons. The predicted molar refractivity (Wildman–Crippen MR) is 96.9 cm³/mol. The summed E-state index contributed by atoms with van der Waals surface area (Å²) in [5.41, 5.74) is 3.06. The van der Waals surface area contributed by atoms with E-state index >= 15 is 0 Å². The number of hydrogen-bond acceptors (Lipinski definition) is 0. The van der Waals surface area contributed by atoms with Gasteiger partial charge >= 0.3 is 0 Å². The Hall–Kier alpha value is 0. The molecule has 0 atom stereocenters. The van der Waals surface area contributed by atoms with Crippen molar-refractivity contribution in [2.45, 2.75) is 101 Å². The number of rotatable bonds is 0. The lowest BCUT2D eigenvalue weighted by Crippen LogP contribution is -2.66. The van der Waals surface area contributed by atoms with Gasteiger partial charge in [-0.05, 0) is 76.9 Å². The molecule has 22 heavy (non-hydrogen) atoms. The monoisotopic (exact) mass is 304 g/mol. The molecule has 0 heterocycles. The Morgan fingerprint density at radius 1 is 0.500 bits per heavy atom. The van der Waals surface area contributed by atoms with Crippen molar-refractivity contribution in [1.82, 2.24) is 0 Å². The fourth-order valence-corrected chi connectivity index (χ4v) is 6.95. The van der Waals surface area contributed by atoms with Gasteiger partial charge in [0.15, 0.2) is 0 Å². The molecule has 4 rings (SSSR count). The van der Waals surface area contributed by atoms with Gasteiger partial charge in [-0.25, -0.2) is 0 Å². The summed E-state index contributed by atoms with van der Waals surface area (Å²) in [6.07, 6.45) is 8.98. The van der Waals surface area contributed by atoms with E-state index in [0.29, 0.717) is 32.5 Å². The van der Waals surface area contributed by atoms with Crippen LogP contribution in [-0.2, 0) is 0 Å². The zero-order chi connectivity index (χ0) is 16.8. The van der Waals surface area contributed by atoms with Gasteiger partial charge in [0, 0.05) is 0 Å². The SMILES string of the molecule is CC(C)(C)C12CC3CC(C(C)(C)C)(C1)CC(C(C)(C)C)(C3)C2. The molecule has 0 spiro atoms. The Bertz CT molecular complexity index is 382. The topological polar surface area (TPSA) is 0 Å². The second-order valence-corrected chi connectivity index (χ2v) is 12.6. The molecule has 0 unspecified atom stereocenters. The largest absolute Gasteiger partial charge is 0.0596 e. The van der Waals surface area contributed by atoms with Crippen molar-refractivity contribution in [2.75, 3.05) is 0 Å². The van der Waals surface area contributed by atoms with Gasteiger partial charge < -0.3 is 0 Å². The van der Waals surface area contributed by atoms with Crippen molar-refractivity contribution in [1.29, 1.82) is 0 Å². The molecule has 0 aromatic carbocycles. The Balaban J connectivity index is 2.17. The lowest BCUT2D eigenvalue weighted by Gasteiger charge is -2.75. The van der Waals surface area contributed by atoms with E-state index < -0.39 is 0 Å². The average molecular weight is 305 g/mol. The highest BCUT2D eigenvalue weighted by atomic mass is 14.7. The summed E-state index contributed by atoms with van der Waals surface area (Å²) in [5.74, 6) is 0.980. The highest BCUT2D eigenvalue weighted by molar-refractivity contribution is 5.19. The first kappa shape index (κ1) is 16.8. The van der Waals surface area contributed by atoms with Gasteiger partial charge in [0.2, 0.25) is 0 Å². The molecule has 128 valence electrons. The van der Waals surface area contributed by atoms with Gasteiger partial charge in [0.05, 0.1) is 0 Å². The molecule has 0 heteroatoms. The lowest BCUT2D eigenvalue weighted by atomic mass is 9.30. The van der Waals surface area contributed by atoms with E-state index in [1.807, 2.05) is 0 Å². The molecular formula is C22H40. The quantitative estimate of drug-likeness (QED) is 0.448. The van der Waals surface area contributed by atoms with E-state index in [1.165, 1.54) is 38.5 Å². The van der Waals surface area contributed by atoms with Crippen molar-refractivity contribution in [3.63, 3.8) is 0 Å². The van der Waals surface area contributed by atoms with Crippen LogP contribution in [0.3, 0.4) is 0 Å². The van der Waals surface area contributed by atoms with Gasteiger partial charge in [-0.2, -0.15) is 0 Å². The predicted octanol–water partition coefficient (Wildman–Crippen LogP) is 7.08. The summed E-state index contributed by atoms with van der Waals surface area (Å²) in [7, 11) is 0. The summed E-state index contributed by atoms with van der Waals surface area (Å²) >= 11 is 0. The van der Waals surface area contributed by atoms with Crippen LogP contribution in [0.4, 0.5) is 0 Å². The van der Waals surface area contributed by atoms with Gasteiger partial charge in [0.25, 0.3) is 0 Å². The summed E-state index contributed by atoms with van der Waals surface area (Å²) in [5, 5.41) is 0. The molecule has 4 saturated carbocycles. The molecule has 0 amide bonds. The lowest BCUT2D eigenvalue weighted by molar-refractivity contribution is -0.252. The third-order valence-corrected chi connectivity index (χ3v) is 8.84. The van der Waals surface area contributed by atoms with Crippen molar-refractivity contribution in [2.24, 2.45) is 38.4 Å². The fraction of sp³-hybridized carbons (Fsp3) is 1.00. The van der Waals surface area contributed by atoms with Crippen LogP contribution in [0, 0.1) is 38.4 Å². The van der Waals surface area contributed by atoms with Gasteiger partial charge in [-0.15, -0.1) is 0 Å². The second-order valence-electron chi connectivity index (χ2n) is 12.6. The maximum Gasteiger partial charge on any atom is -0.0235 e. The van der Waals surface area contributed by atoms with E-state index in [0.717, 1.165) is 5.92 Å². The number of hydrogen-bond donors (Lipinski definition) is 0. The fourth-order valence-electron chi connectivity index (χ4n) is 6.95. The first-order valence-corrected chi connectivity index (χ1v) is 9.66. The normalized spacial score (nSPS) is 45.4. The molecule has 0 nitrogen and oxygen atoms in total. The Morgan fingerprint density at radius 2 is 0.727 bits per heavy atom. The van der Waals surface area contributed by atoms with Crippen molar-refractivity contribution < 1.29 is 0 Å². The first-order valence-electron chi connectivity index (χ1n) is 9.66. The van der Waals surface area contributed by atoms with E-state index in [1.54, 1.807) is 0 Å². The van der Waals surface area contributed by atoms with Crippen LogP contribution in [0.1, 0.15) is 101 Å². The molecule has 0 aromatic rings. The van der Waals surface area contributed by atoms with Crippen LogP contribution in [0.5, 0.6) is 0 Å². The summed E-state index contributed by atoms with van der Waals surface area (Å²) in [4.78, 5) is 0. The van der Waals surface area contributed by atoms with Gasteiger partial charge in [0.1, 0.15) is 0 Å². The molecule has 4 fully saturated rings. The van der Waals surface area contributed by atoms with Crippen molar-refractivity contribution in [3.8, 4) is 0 Å². The first-order chi connectivity index (χ1) is 9.66. The Labute approximate surface area is 139 Å². The van der Waals surface area contributed by atoms with Crippen LogP contribution in [0.25, 0.3) is 0 Å². The molecular weight excluding hydrogens is 264 g/mol. The third kappa shape index (κ3) is 2.01. The standard InChI is InChI=1S/C22H40/c1-17(2,3)20-10-16-11-21(13-20,18(4,5)6)15-22(12-16,14-20)19(7,8)9/h16H,10-15H2,1-9H3. The molecule has 0 aliphatic heterocycles.